The van der Waals surface area contributed by atoms with Crippen molar-refractivity contribution in [3.05, 3.63) is 17.7 Å². The maximum atomic E-state index is 13.9. The van der Waals surface area contributed by atoms with Crippen molar-refractivity contribution in [1.29, 1.82) is 0 Å². The summed E-state index contributed by atoms with van der Waals surface area (Å²) in [5.74, 6) is -1.05. The second-order valence-electron chi connectivity index (χ2n) is 5.33. The summed E-state index contributed by atoms with van der Waals surface area (Å²) in [6.45, 7) is 5.50. The number of piperidine rings is 1. The first kappa shape index (κ1) is 15.0. The van der Waals surface area contributed by atoms with Crippen LogP contribution in [0.2, 0.25) is 0 Å². The average Bonchev–Trinajstić information content (AvgIpc) is 2.41. The van der Waals surface area contributed by atoms with Gasteiger partial charge in [0.2, 0.25) is 0 Å². The number of aliphatic hydroxyl groups excluding tert-OH is 1. The second kappa shape index (κ2) is 6.35. The topological polar surface area (TPSA) is 48.4 Å². The van der Waals surface area contributed by atoms with Gasteiger partial charge in [-0.15, -0.1) is 0 Å². The summed E-state index contributed by atoms with van der Waals surface area (Å²) >= 11 is 0. The third-order valence-electron chi connectivity index (χ3n) is 3.61. The summed E-state index contributed by atoms with van der Waals surface area (Å²) in [4.78, 5) is 5.84. The number of nitrogens with one attached hydrogen (secondary N) is 1. The molecule has 4 nitrogen and oxygen atoms in total. The van der Waals surface area contributed by atoms with E-state index in [2.05, 4.69) is 10.3 Å². The van der Waals surface area contributed by atoms with Crippen LogP contribution in [0.15, 0.2) is 6.07 Å². The van der Waals surface area contributed by atoms with Crippen molar-refractivity contribution in [1.82, 2.24) is 4.98 Å². The minimum atomic E-state index is -0.676. The van der Waals surface area contributed by atoms with E-state index in [9.17, 15) is 13.9 Å². The van der Waals surface area contributed by atoms with E-state index in [1.165, 1.54) is 0 Å². The fourth-order valence-corrected chi connectivity index (χ4v) is 2.37. The number of hydrogen-bond donors (Lipinski definition) is 2. The van der Waals surface area contributed by atoms with Crippen LogP contribution < -0.4 is 10.2 Å². The zero-order valence-electron chi connectivity index (χ0n) is 11.9. The summed E-state index contributed by atoms with van der Waals surface area (Å²) in [7, 11) is 0. The van der Waals surface area contributed by atoms with Crippen molar-refractivity contribution in [2.24, 2.45) is 5.92 Å². The molecule has 112 valence electrons. The van der Waals surface area contributed by atoms with E-state index in [0.29, 0.717) is 26.1 Å². The Morgan fingerprint density at radius 3 is 2.85 bits per heavy atom. The zero-order chi connectivity index (χ0) is 14.7. The first-order valence-electron chi connectivity index (χ1n) is 7.05. The predicted octanol–water partition coefficient (Wildman–Crippen LogP) is 2.39. The number of hydrogen-bond acceptors (Lipinski definition) is 4. The summed E-state index contributed by atoms with van der Waals surface area (Å²) < 4.78 is 27.6. The number of nitrogens with zero attached hydrogens (tertiary/aromatic N) is 2. The number of aliphatic hydroxyl groups is 1. The average molecular weight is 285 g/mol. The Morgan fingerprint density at radius 1 is 1.45 bits per heavy atom. The lowest BCUT2D eigenvalue weighted by Gasteiger charge is -2.35. The minimum Gasteiger partial charge on any atom is -0.393 e. The standard InChI is InChI=1S/C14H21F2N3O/c1-3-5-17-13-10(15)7-11(16)14(18-13)19-6-4-12(20)9(2)8-19/h7,9,12,20H,3-6,8H2,1-2H3,(H,17,18). The Labute approximate surface area is 117 Å². The van der Waals surface area contributed by atoms with Crippen molar-refractivity contribution in [2.75, 3.05) is 29.9 Å². The Balaban J connectivity index is 2.22. The molecular formula is C14H21F2N3O. The highest BCUT2D eigenvalue weighted by Crippen LogP contribution is 2.27. The van der Waals surface area contributed by atoms with Gasteiger partial charge in [-0.3, -0.25) is 0 Å². The molecule has 2 unspecified atom stereocenters. The van der Waals surface area contributed by atoms with Gasteiger partial charge in [0.15, 0.2) is 23.3 Å². The maximum Gasteiger partial charge on any atom is 0.168 e. The van der Waals surface area contributed by atoms with Crippen molar-refractivity contribution in [2.45, 2.75) is 32.8 Å². The molecular weight excluding hydrogens is 264 g/mol. The molecule has 2 N–H and O–H groups in total. The van der Waals surface area contributed by atoms with Gasteiger partial charge in [0, 0.05) is 25.7 Å². The van der Waals surface area contributed by atoms with Gasteiger partial charge in [-0.2, -0.15) is 0 Å². The summed E-state index contributed by atoms with van der Waals surface area (Å²) in [5, 5.41) is 12.6. The van der Waals surface area contributed by atoms with Crippen molar-refractivity contribution < 1.29 is 13.9 Å². The molecule has 0 radical (unpaired) electrons. The number of pyridine rings is 1. The van der Waals surface area contributed by atoms with Crippen molar-refractivity contribution in [3.63, 3.8) is 0 Å². The van der Waals surface area contributed by atoms with Gasteiger partial charge >= 0.3 is 0 Å². The highest BCUT2D eigenvalue weighted by atomic mass is 19.1. The van der Waals surface area contributed by atoms with Crippen LogP contribution in [0.4, 0.5) is 20.4 Å². The van der Waals surface area contributed by atoms with E-state index in [4.69, 9.17) is 0 Å². The molecule has 1 saturated heterocycles. The van der Waals surface area contributed by atoms with Gasteiger partial charge in [-0.25, -0.2) is 13.8 Å². The van der Waals surface area contributed by atoms with Crippen LogP contribution in [0.3, 0.4) is 0 Å². The van der Waals surface area contributed by atoms with Crippen LogP contribution in [0, 0.1) is 17.6 Å². The lowest BCUT2D eigenvalue weighted by atomic mass is 9.97. The maximum absolute atomic E-state index is 13.9. The molecule has 1 aromatic rings. The lowest BCUT2D eigenvalue weighted by molar-refractivity contribution is 0.0966. The second-order valence-corrected chi connectivity index (χ2v) is 5.33. The molecule has 2 rings (SSSR count). The lowest BCUT2D eigenvalue weighted by Crippen LogP contribution is -2.42. The van der Waals surface area contributed by atoms with E-state index in [0.717, 1.165) is 12.5 Å². The molecule has 0 amide bonds. The monoisotopic (exact) mass is 285 g/mol. The first-order chi connectivity index (χ1) is 9.52. The molecule has 1 aliphatic rings. The van der Waals surface area contributed by atoms with Gasteiger partial charge in [0.1, 0.15) is 0 Å². The molecule has 0 saturated carbocycles. The molecule has 1 fully saturated rings. The van der Waals surface area contributed by atoms with Gasteiger partial charge in [-0.05, 0) is 18.8 Å². The minimum absolute atomic E-state index is 0.0436. The molecule has 0 spiro atoms. The Kier molecular flexibility index (Phi) is 4.75. The zero-order valence-corrected chi connectivity index (χ0v) is 11.9. The van der Waals surface area contributed by atoms with Crippen LogP contribution >= 0.6 is 0 Å². The molecule has 0 aromatic carbocycles. The number of aromatic nitrogens is 1. The van der Waals surface area contributed by atoms with Crippen LogP contribution in [-0.4, -0.2) is 35.8 Å². The van der Waals surface area contributed by atoms with Gasteiger partial charge < -0.3 is 15.3 Å². The van der Waals surface area contributed by atoms with E-state index in [1.807, 2.05) is 13.8 Å². The van der Waals surface area contributed by atoms with Crippen LogP contribution in [0.1, 0.15) is 26.7 Å². The van der Waals surface area contributed by atoms with Gasteiger partial charge in [-0.1, -0.05) is 13.8 Å². The van der Waals surface area contributed by atoms with Gasteiger partial charge in [0.05, 0.1) is 6.10 Å². The smallest absolute Gasteiger partial charge is 0.168 e. The number of rotatable bonds is 4. The van der Waals surface area contributed by atoms with Crippen LogP contribution in [-0.2, 0) is 0 Å². The number of halogens is 2. The molecule has 1 aliphatic heterocycles. The quantitative estimate of drug-likeness (QED) is 0.892. The molecule has 1 aromatic heterocycles. The molecule has 6 heteroatoms. The SMILES string of the molecule is CCCNc1nc(N2CCC(O)C(C)C2)c(F)cc1F. The fourth-order valence-electron chi connectivity index (χ4n) is 2.37. The molecule has 0 bridgehead atoms. The van der Waals surface area contributed by atoms with Crippen molar-refractivity contribution >= 4 is 11.6 Å². The van der Waals surface area contributed by atoms with Gasteiger partial charge in [0.25, 0.3) is 0 Å². The molecule has 20 heavy (non-hydrogen) atoms. The van der Waals surface area contributed by atoms with E-state index >= 15 is 0 Å². The predicted molar refractivity (Wildman–Crippen MR) is 74.9 cm³/mol. The summed E-state index contributed by atoms with van der Waals surface area (Å²) in [6.07, 6.45) is 1.03. The third-order valence-corrected chi connectivity index (χ3v) is 3.61. The fraction of sp³-hybridized carbons (Fsp3) is 0.643. The largest absolute Gasteiger partial charge is 0.393 e. The van der Waals surface area contributed by atoms with Crippen LogP contribution in [0.25, 0.3) is 0 Å². The van der Waals surface area contributed by atoms with Crippen LogP contribution in [0.5, 0.6) is 0 Å². The third kappa shape index (κ3) is 3.17. The molecule has 2 atom stereocenters. The summed E-state index contributed by atoms with van der Waals surface area (Å²) in [5.41, 5.74) is 0. The molecule has 2 heterocycles. The highest BCUT2D eigenvalue weighted by molar-refractivity contribution is 5.49. The first-order valence-corrected chi connectivity index (χ1v) is 7.05. The van der Waals surface area contributed by atoms with E-state index < -0.39 is 11.6 Å². The molecule has 0 aliphatic carbocycles. The van der Waals surface area contributed by atoms with E-state index in [-0.39, 0.29) is 23.7 Å². The van der Waals surface area contributed by atoms with E-state index in [1.54, 1.807) is 4.90 Å². The Bertz CT molecular complexity index is 470. The number of anilines is 2. The normalized spacial score (nSPS) is 22.9. The van der Waals surface area contributed by atoms with Crippen molar-refractivity contribution in [3.8, 4) is 0 Å². The Morgan fingerprint density at radius 2 is 2.20 bits per heavy atom. The summed E-state index contributed by atoms with van der Waals surface area (Å²) in [6, 6.07) is 0.871. The highest BCUT2D eigenvalue weighted by Gasteiger charge is 2.27. The Hall–Kier alpha value is -1.43.